The van der Waals surface area contributed by atoms with Crippen molar-refractivity contribution >= 4 is 27.0 Å². The topological polar surface area (TPSA) is 114 Å². The van der Waals surface area contributed by atoms with Crippen molar-refractivity contribution in [3.63, 3.8) is 0 Å². The van der Waals surface area contributed by atoms with E-state index < -0.39 is 16.1 Å². The predicted octanol–water partition coefficient (Wildman–Crippen LogP) is 1.66. The lowest BCUT2D eigenvalue weighted by molar-refractivity contribution is 0.113. The van der Waals surface area contributed by atoms with Crippen molar-refractivity contribution < 1.29 is 13.5 Å². The van der Waals surface area contributed by atoms with Crippen LogP contribution in [-0.4, -0.2) is 51.6 Å². The van der Waals surface area contributed by atoms with E-state index >= 15 is 0 Å². The molecule has 0 unspecified atom stereocenters. The first-order valence-electron chi connectivity index (χ1n) is 9.28. The Morgan fingerprint density at radius 3 is 2.38 bits per heavy atom. The van der Waals surface area contributed by atoms with E-state index in [1.165, 1.54) is 16.9 Å². The molecule has 2 aromatic heterocycles. The Balaban J connectivity index is 1.83. The molecule has 2 fully saturated rings. The van der Waals surface area contributed by atoms with Gasteiger partial charge in [0.15, 0.2) is 10.5 Å². The molecule has 3 N–H and O–H groups in total. The second-order valence-electron chi connectivity index (χ2n) is 7.24. The maximum Gasteiger partial charge on any atom is 0.248 e. The molecule has 3 heterocycles. The lowest BCUT2D eigenvalue weighted by atomic mass is 9.95. The Hall–Kier alpha value is -1.71. The molecule has 0 atom stereocenters. The standard InChI is InChI=1S/C17H25N5O3S/c18-16-15(26(24,25)21-10-6-13(23)7-11-21)14-17(20-9-8-19-14)22(16)12-4-2-1-3-5-12/h8-9,12-13,23H,1-7,10-11,18H2. The van der Waals surface area contributed by atoms with Crippen LogP contribution in [0.15, 0.2) is 17.3 Å². The minimum absolute atomic E-state index is 0.0718. The highest BCUT2D eigenvalue weighted by Gasteiger charge is 2.36. The zero-order valence-electron chi connectivity index (χ0n) is 14.7. The number of fused-ring (bicyclic) bond motifs is 1. The summed E-state index contributed by atoms with van der Waals surface area (Å²) in [6, 6.07) is 0.162. The fraction of sp³-hybridized carbons (Fsp3) is 0.647. The van der Waals surface area contributed by atoms with Gasteiger partial charge < -0.3 is 15.4 Å². The summed E-state index contributed by atoms with van der Waals surface area (Å²) in [4.78, 5) is 8.79. The molecule has 26 heavy (non-hydrogen) atoms. The van der Waals surface area contributed by atoms with Crippen LogP contribution in [0.1, 0.15) is 51.0 Å². The van der Waals surface area contributed by atoms with Crippen LogP contribution < -0.4 is 5.73 Å². The van der Waals surface area contributed by atoms with Gasteiger partial charge in [0.2, 0.25) is 10.0 Å². The van der Waals surface area contributed by atoms with E-state index in [-0.39, 0.29) is 16.8 Å². The smallest absolute Gasteiger partial charge is 0.248 e. The lowest BCUT2D eigenvalue weighted by Crippen LogP contribution is -2.40. The van der Waals surface area contributed by atoms with Crippen LogP contribution in [0.4, 0.5) is 5.82 Å². The van der Waals surface area contributed by atoms with E-state index in [1.54, 1.807) is 6.20 Å². The van der Waals surface area contributed by atoms with E-state index in [4.69, 9.17) is 5.73 Å². The molecule has 8 nitrogen and oxygen atoms in total. The first kappa shape index (κ1) is 17.7. The minimum atomic E-state index is -3.79. The molecule has 0 aromatic carbocycles. The molecule has 0 amide bonds. The van der Waals surface area contributed by atoms with E-state index in [1.807, 2.05) is 4.57 Å². The van der Waals surface area contributed by atoms with Gasteiger partial charge in [0, 0.05) is 31.5 Å². The van der Waals surface area contributed by atoms with Crippen molar-refractivity contribution in [3.05, 3.63) is 12.4 Å². The molecule has 1 aliphatic carbocycles. The fourth-order valence-electron chi connectivity index (χ4n) is 4.19. The number of rotatable bonds is 3. The van der Waals surface area contributed by atoms with Gasteiger partial charge in [0.1, 0.15) is 11.3 Å². The first-order chi connectivity index (χ1) is 12.5. The van der Waals surface area contributed by atoms with Crippen molar-refractivity contribution in [2.45, 2.75) is 62.0 Å². The average molecular weight is 379 g/mol. The molecule has 2 aromatic rings. The molecule has 1 saturated heterocycles. The van der Waals surface area contributed by atoms with Crippen LogP contribution in [-0.2, 0) is 10.0 Å². The lowest BCUT2D eigenvalue weighted by Gasteiger charge is -2.29. The van der Waals surface area contributed by atoms with E-state index in [0.717, 1.165) is 25.7 Å². The molecule has 0 radical (unpaired) electrons. The molecule has 142 valence electrons. The zero-order valence-corrected chi connectivity index (χ0v) is 15.5. The number of nitrogens with zero attached hydrogens (tertiary/aromatic N) is 4. The number of sulfonamides is 1. The van der Waals surface area contributed by atoms with Crippen LogP contribution in [0.3, 0.4) is 0 Å². The third kappa shape index (κ3) is 2.87. The Morgan fingerprint density at radius 2 is 1.69 bits per heavy atom. The average Bonchev–Trinajstić information content (AvgIpc) is 2.95. The van der Waals surface area contributed by atoms with Gasteiger partial charge in [0.05, 0.1) is 6.10 Å². The molecule has 1 saturated carbocycles. The molecule has 9 heteroatoms. The van der Waals surface area contributed by atoms with Crippen molar-refractivity contribution in [1.82, 2.24) is 18.8 Å². The molecular formula is C17H25N5O3S. The molecular weight excluding hydrogens is 354 g/mol. The number of hydrogen-bond acceptors (Lipinski definition) is 6. The summed E-state index contributed by atoms with van der Waals surface area (Å²) in [7, 11) is -3.79. The number of nitrogens with two attached hydrogens (primary N) is 1. The highest BCUT2D eigenvalue weighted by atomic mass is 32.2. The monoisotopic (exact) mass is 379 g/mol. The van der Waals surface area contributed by atoms with Gasteiger partial charge in [-0.2, -0.15) is 4.31 Å². The highest BCUT2D eigenvalue weighted by molar-refractivity contribution is 7.89. The Morgan fingerprint density at radius 1 is 1.04 bits per heavy atom. The summed E-state index contributed by atoms with van der Waals surface area (Å²) in [6.07, 6.45) is 8.87. The van der Waals surface area contributed by atoms with Crippen LogP contribution in [0, 0.1) is 0 Å². The Kier molecular flexibility index (Phi) is 4.62. The summed E-state index contributed by atoms with van der Waals surface area (Å²) in [5.74, 6) is 0.240. The molecule has 4 rings (SSSR count). The van der Waals surface area contributed by atoms with Crippen molar-refractivity contribution in [3.8, 4) is 0 Å². The Labute approximate surface area is 153 Å². The summed E-state index contributed by atoms with van der Waals surface area (Å²) in [5, 5.41) is 9.69. The van der Waals surface area contributed by atoms with Gasteiger partial charge in [-0.15, -0.1) is 0 Å². The summed E-state index contributed by atoms with van der Waals surface area (Å²) in [5.41, 5.74) is 7.29. The molecule has 0 bridgehead atoms. The number of aromatic nitrogens is 3. The minimum Gasteiger partial charge on any atom is -0.393 e. The molecule has 2 aliphatic rings. The number of anilines is 1. The van der Waals surface area contributed by atoms with Crippen LogP contribution in [0.2, 0.25) is 0 Å². The first-order valence-corrected chi connectivity index (χ1v) is 10.7. The molecule has 1 aliphatic heterocycles. The number of hydrogen-bond donors (Lipinski definition) is 2. The number of nitrogen functional groups attached to an aromatic ring is 1. The van der Waals surface area contributed by atoms with E-state index in [9.17, 15) is 13.5 Å². The van der Waals surface area contributed by atoms with Gasteiger partial charge in [0.25, 0.3) is 0 Å². The van der Waals surface area contributed by atoms with Gasteiger partial charge in [-0.1, -0.05) is 19.3 Å². The maximum absolute atomic E-state index is 13.3. The quantitative estimate of drug-likeness (QED) is 0.838. The maximum atomic E-state index is 13.3. The third-order valence-corrected chi connectivity index (χ3v) is 7.54. The second kappa shape index (κ2) is 6.79. The van der Waals surface area contributed by atoms with Gasteiger partial charge >= 0.3 is 0 Å². The summed E-state index contributed by atoms with van der Waals surface area (Å²) in [6.45, 7) is 0.582. The fourth-order valence-corrected chi connectivity index (χ4v) is 5.89. The van der Waals surface area contributed by atoms with E-state index in [0.29, 0.717) is 37.1 Å². The van der Waals surface area contributed by atoms with Crippen molar-refractivity contribution in [1.29, 1.82) is 0 Å². The number of piperidine rings is 1. The van der Waals surface area contributed by atoms with E-state index in [2.05, 4.69) is 9.97 Å². The Bertz CT molecular complexity index is 897. The zero-order chi connectivity index (χ0) is 18.3. The van der Waals surface area contributed by atoms with Gasteiger partial charge in [-0.05, 0) is 25.7 Å². The summed E-state index contributed by atoms with van der Waals surface area (Å²) >= 11 is 0. The summed E-state index contributed by atoms with van der Waals surface area (Å²) < 4.78 is 29.9. The van der Waals surface area contributed by atoms with Crippen molar-refractivity contribution in [2.75, 3.05) is 18.8 Å². The number of aliphatic hydroxyl groups is 1. The second-order valence-corrected chi connectivity index (χ2v) is 9.11. The predicted molar refractivity (Wildman–Crippen MR) is 98.1 cm³/mol. The highest BCUT2D eigenvalue weighted by Crippen LogP contribution is 2.39. The van der Waals surface area contributed by atoms with Gasteiger partial charge in [-0.3, -0.25) is 0 Å². The third-order valence-electron chi connectivity index (χ3n) is 5.58. The van der Waals surface area contributed by atoms with Crippen LogP contribution in [0.25, 0.3) is 11.2 Å². The molecule has 0 spiro atoms. The SMILES string of the molecule is Nc1c(S(=O)(=O)N2CCC(O)CC2)c2nccnc2n1C1CCCCC1. The normalized spacial score (nSPS) is 21.4. The van der Waals surface area contributed by atoms with Gasteiger partial charge in [-0.25, -0.2) is 18.4 Å². The largest absolute Gasteiger partial charge is 0.393 e. The number of aliphatic hydroxyl groups excluding tert-OH is 1. The van der Waals surface area contributed by atoms with Crippen LogP contribution >= 0.6 is 0 Å². The van der Waals surface area contributed by atoms with Crippen molar-refractivity contribution in [2.24, 2.45) is 0 Å². The van der Waals surface area contributed by atoms with Crippen LogP contribution in [0.5, 0.6) is 0 Å².